The predicted molar refractivity (Wildman–Crippen MR) is 84.8 cm³/mol. The Morgan fingerprint density at radius 1 is 1.45 bits per heavy atom. The summed E-state index contributed by atoms with van der Waals surface area (Å²) in [6.07, 6.45) is 1.66. The molecule has 120 valence electrons. The highest BCUT2D eigenvalue weighted by molar-refractivity contribution is 7.74. The highest BCUT2D eigenvalue weighted by atomic mass is 32.2. The number of hydrogen-bond donors (Lipinski definition) is 2. The molecule has 0 aliphatic carbocycles. The normalized spacial score (nSPS) is 12.9. The molecule has 2 N–H and O–H groups in total. The maximum atomic E-state index is 11.8. The van der Waals surface area contributed by atoms with Gasteiger partial charge < -0.3 is 14.2 Å². The summed E-state index contributed by atoms with van der Waals surface area (Å²) in [5.41, 5.74) is 3.28. The largest absolute Gasteiger partial charge is 0.489 e. The Hall–Kier alpha value is -2.08. The smallest absolute Gasteiger partial charge is 0.360 e. The summed E-state index contributed by atoms with van der Waals surface area (Å²) in [4.78, 5) is 11.8. The van der Waals surface area contributed by atoms with Gasteiger partial charge in [0.05, 0.1) is 0 Å². The molecule has 0 aromatic heterocycles. The quantitative estimate of drug-likeness (QED) is 0.564. The topological polar surface area (TPSA) is 84.9 Å². The lowest BCUT2D eigenvalue weighted by molar-refractivity contribution is -0.135. The lowest BCUT2D eigenvalue weighted by Gasteiger charge is -2.20. The first-order chi connectivity index (χ1) is 10.4. The molecule has 0 aliphatic heterocycles. The van der Waals surface area contributed by atoms with E-state index in [4.69, 9.17) is 9.29 Å². The summed E-state index contributed by atoms with van der Waals surface area (Å²) in [7, 11) is 0. The van der Waals surface area contributed by atoms with Crippen LogP contribution < -0.4 is 10.1 Å². The summed E-state index contributed by atoms with van der Waals surface area (Å²) >= 11 is -2.62. The average Bonchev–Trinajstić information content (AvgIpc) is 2.45. The number of carbonyl (C=O) groups is 1. The van der Waals surface area contributed by atoms with Crippen molar-refractivity contribution in [3.63, 3.8) is 0 Å². The molecule has 0 aliphatic rings. The fraction of sp³-hybridized carbons (Fsp3) is 0.333. The molecule has 0 radical (unpaired) electrons. The van der Waals surface area contributed by atoms with E-state index in [-0.39, 0.29) is 5.92 Å². The zero-order valence-electron chi connectivity index (χ0n) is 12.4. The number of benzene rings is 1. The van der Waals surface area contributed by atoms with Gasteiger partial charge in [0.2, 0.25) is 0 Å². The third kappa shape index (κ3) is 6.13. The van der Waals surface area contributed by atoms with E-state index < -0.39 is 23.4 Å². The van der Waals surface area contributed by atoms with Crippen molar-refractivity contribution in [3.05, 3.63) is 42.7 Å². The molecule has 0 heterocycles. The van der Waals surface area contributed by atoms with Crippen LogP contribution in [0.25, 0.3) is 0 Å². The van der Waals surface area contributed by atoms with Crippen molar-refractivity contribution in [2.24, 2.45) is 5.92 Å². The first-order valence-electron chi connectivity index (χ1n) is 6.60. The second-order valence-electron chi connectivity index (χ2n) is 4.73. The molecule has 0 amide bonds. The molecule has 6 nitrogen and oxygen atoms in total. The van der Waals surface area contributed by atoms with Gasteiger partial charge in [-0.2, -0.15) is 4.21 Å². The summed E-state index contributed by atoms with van der Waals surface area (Å²) in [6, 6.07) is 6.24. The Bertz CT molecular complexity index is 564. The maximum Gasteiger partial charge on any atom is 0.360 e. The van der Waals surface area contributed by atoms with Gasteiger partial charge in [-0.05, 0) is 36.3 Å². The van der Waals surface area contributed by atoms with Crippen molar-refractivity contribution >= 4 is 23.0 Å². The molecular weight excluding hydrogens is 306 g/mol. The van der Waals surface area contributed by atoms with Crippen LogP contribution in [0.2, 0.25) is 0 Å². The molecule has 1 rings (SSSR count). The number of ether oxygens (including phenoxy) is 1. The number of hydrogen-bond acceptors (Lipinski definition) is 5. The van der Waals surface area contributed by atoms with Crippen LogP contribution >= 0.6 is 0 Å². The van der Waals surface area contributed by atoms with E-state index in [2.05, 4.69) is 21.8 Å². The summed E-state index contributed by atoms with van der Waals surface area (Å²) in [6.45, 7) is 7.42. The minimum absolute atomic E-state index is 0.121. The Morgan fingerprint density at radius 2 is 2.09 bits per heavy atom. The maximum absolute atomic E-state index is 11.8. The van der Waals surface area contributed by atoms with Gasteiger partial charge in [-0.15, -0.1) is 5.73 Å². The molecule has 2 atom stereocenters. The molecule has 0 spiro atoms. The van der Waals surface area contributed by atoms with Crippen molar-refractivity contribution in [1.82, 2.24) is 0 Å². The minimum Gasteiger partial charge on any atom is -0.489 e. The molecule has 0 saturated carbocycles. The van der Waals surface area contributed by atoms with Crippen LogP contribution in [-0.4, -0.2) is 27.4 Å². The van der Waals surface area contributed by atoms with E-state index in [0.717, 1.165) is 0 Å². The fourth-order valence-corrected chi connectivity index (χ4v) is 1.89. The van der Waals surface area contributed by atoms with Crippen molar-refractivity contribution in [2.45, 2.75) is 19.9 Å². The van der Waals surface area contributed by atoms with Crippen LogP contribution in [-0.2, 0) is 20.3 Å². The average molecular weight is 325 g/mol. The number of nitrogens with one attached hydrogen (secondary N) is 1. The van der Waals surface area contributed by atoms with Gasteiger partial charge in [-0.3, -0.25) is 4.55 Å². The molecule has 1 unspecified atom stereocenters. The van der Waals surface area contributed by atoms with E-state index >= 15 is 0 Å². The molecule has 1 aromatic carbocycles. The monoisotopic (exact) mass is 325 g/mol. The lowest BCUT2D eigenvalue weighted by Crippen LogP contribution is -2.36. The fourth-order valence-electron chi connectivity index (χ4n) is 1.64. The van der Waals surface area contributed by atoms with Gasteiger partial charge in [-0.1, -0.05) is 20.4 Å². The predicted octanol–water partition coefficient (Wildman–Crippen LogP) is 2.52. The van der Waals surface area contributed by atoms with Crippen LogP contribution in [0.15, 0.2) is 42.7 Å². The first kappa shape index (κ1) is 18.0. The molecular formula is C15H19NO5S. The van der Waals surface area contributed by atoms with Gasteiger partial charge in [-0.25, -0.2) is 4.79 Å². The Kier molecular flexibility index (Phi) is 7.39. The first-order valence-corrected chi connectivity index (χ1v) is 7.64. The molecule has 0 bridgehead atoms. The van der Waals surface area contributed by atoms with Crippen molar-refractivity contribution in [1.29, 1.82) is 0 Å². The van der Waals surface area contributed by atoms with E-state index in [9.17, 15) is 9.00 Å². The second-order valence-corrected chi connectivity index (χ2v) is 5.33. The van der Waals surface area contributed by atoms with Crippen LogP contribution in [0.3, 0.4) is 0 Å². The van der Waals surface area contributed by atoms with E-state index in [1.165, 1.54) is 0 Å². The van der Waals surface area contributed by atoms with Crippen molar-refractivity contribution in [2.75, 3.05) is 11.9 Å². The van der Waals surface area contributed by atoms with Crippen LogP contribution in [0, 0.1) is 5.92 Å². The Labute approximate surface area is 132 Å². The van der Waals surface area contributed by atoms with Crippen molar-refractivity contribution < 1.29 is 22.5 Å². The van der Waals surface area contributed by atoms with E-state index in [0.29, 0.717) is 18.0 Å². The van der Waals surface area contributed by atoms with Gasteiger partial charge in [0.1, 0.15) is 18.4 Å². The Balaban J connectivity index is 2.71. The molecule has 7 heteroatoms. The van der Waals surface area contributed by atoms with E-state index in [1.807, 2.05) is 0 Å². The number of anilines is 1. The molecule has 0 fully saturated rings. The lowest BCUT2D eigenvalue weighted by atomic mass is 10.0. The van der Waals surface area contributed by atoms with Gasteiger partial charge in [0.15, 0.2) is 0 Å². The van der Waals surface area contributed by atoms with Gasteiger partial charge in [0.25, 0.3) is 0 Å². The Morgan fingerprint density at radius 3 is 2.59 bits per heavy atom. The molecule has 22 heavy (non-hydrogen) atoms. The second kappa shape index (κ2) is 9.04. The summed E-state index contributed by atoms with van der Waals surface area (Å²) in [5.74, 6) is -0.242. The highest BCUT2D eigenvalue weighted by Crippen LogP contribution is 2.19. The third-order valence-electron chi connectivity index (χ3n) is 2.73. The summed E-state index contributed by atoms with van der Waals surface area (Å²) in [5, 5.41) is 2.97. The zero-order chi connectivity index (χ0) is 16.5. The number of carbonyl (C=O) groups excluding carboxylic acids is 1. The van der Waals surface area contributed by atoms with Crippen LogP contribution in [0.5, 0.6) is 5.75 Å². The molecule has 0 saturated heterocycles. The SMILES string of the molecule is C=C=CCOc1ccc(N[C@H](C(=O)OS(=O)O)C(C)C)cc1. The van der Waals surface area contributed by atoms with Gasteiger partial charge >= 0.3 is 17.3 Å². The standard InChI is InChI=1S/C15H19NO5S/c1-4-5-10-20-13-8-6-12(7-9-13)16-14(11(2)3)15(17)21-22(18)19/h5-9,11,14,16H,1,10H2,2-3H3,(H,18,19)/t14-/m0/s1. The van der Waals surface area contributed by atoms with Gasteiger partial charge in [0, 0.05) is 5.69 Å². The highest BCUT2D eigenvalue weighted by Gasteiger charge is 2.25. The third-order valence-corrected chi connectivity index (χ3v) is 3.04. The van der Waals surface area contributed by atoms with Crippen LogP contribution in [0.4, 0.5) is 5.69 Å². The van der Waals surface area contributed by atoms with Crippen molar-refractivity contribution in [3.8, 4) is 5.75 Å². The zero-order valence-corrected chi connectivity index (χ0v) is 13.3. The minimum atomic E-state index is -2.62. The number of rotatable bonds is 8. The van der Waals surface area contributed by atoms with Crippen LogP contribution in [0.1, 0.15) is 13.8 Å². The summed E-state index contributed by atoms with van der Waals surface area (Å²) < 4.78 is 28.9. The molecule has 1 aromatic rings. The van der Waals surface area contributed by atoms with E-state index in [1.54, 1.807) is 44.2 Å².